The van der Waals surface area contributed by atoms with Crippen molar-refractivity contribution in [1.82, 2.24) is 9.91 Å². The van der Waals surface area contributed by atoms with E-state index in [4.69, 9.17) is 9.15 Å². The van der Waals surface area contributed by atoms with Crippen LogP contribution >= 0.6 is 0 Å². The molecule has 3 aromatic rings. The molecule has 3 amide bonds. The molecule has 0 radical (unpaired) electrons. The van der Waals surface area contributed by atoms with Gasteiger partial charge in [0.15, 0.2) is 6.61 Å². The van der Waals surface area contributed by atoms with E-state index in [0.717, 1.165) is 27.3 Å². The Morgan fingerprint density at radius 1 is 1.00 bits per heavy atom. The first kappa shape index (κ1) is 24.2. The van der Waals surface area contributed by atoms with Crippen molar-refractivity contribution in [1.29, 1.82) is 0 Å². The van der Waals surface area contributed by atoms with Gasteiger partial charge in [0.25, 0.3) is 17.7 Å². The summed E-state index contributed by atoms with van der Waals surface area (Å²) < 4.78 is 10.7. The molecule has 1 unspecified atom stereocenters. The van der Waals surface area contributed by atoms with Crippen LogP contribution in [0.5, 0.6) is 0 Å². The average molecular weight is 500 g/mol. The van der Waals surface area contributed by atoms with Gasteiger partial charge < -0.3 is 9.15 Å². The van der Waals surface area contributed by atoms with E-state index in [-0.39, 0.29) is 13.0 Å². The number of nitrogens with zero attached hydrogens (tertiary/aromatic N) is 3. The van der Waals surface area contributed by atoms with Crippen molar-refractivity contribution < 1.29 is 28.3 Å². The van der Waals surface area contributed by atoms with Crippen LogP contribution in [0.4, 0.5) is 0 Å². The van der Waals surface area contributed by atoms with Crippen LogP contribution in [0, 0.1) is 13.8 Å². The van der Waals surface area contributed by atoms with Crippen LogP contribution < -0.4 is 0 Å². The highest BCUT2D eigenvalue weighted by atomic mass is 16.5. The molecule has 1 aromatic heterocycles. The number of fused-ring (bicyclic) bond motifs is 1. The summed E-state index contributed by atoms with van der Waals surface area (Å²) in [6.45, 7) is 3.17. The van der Waals surface area contributed by atoms with Crippen LogP contribution in [0.3, 0.4) is 0 Å². The molecule has 2 aliphatic rings. The van der Waals surface area contributed by atoms with E-state index in [2.05, 4.69) is 5.10 Å². The van der Waals surface area contributed by atoms with E-state index < -0.39 is 36.3 Å². The maximum absolute atomic E-state index is 13.0. The summed E-state index contributed by atoms with van der Waals surface area (Å²) in [7, 11) is 0. The zero-order chi connectivity index (χ0) is 26.1. The Morgan fingerprint density at radius 3 is 2.46 bits per heavy atom. The number of esters is 1. The lowest BCUT2D eigenvalue weighted by molar-refractivity contribution is -0.153. The summed E-state index contributed by atoms with van der Waals surface area (Å²) in [5.41, 5.74) is 4.24. The second-order valence-electron chi connectivity index (χ2n) is 9.11. The predicted octanol–water partition coefficient (Wildman–Crippen LogP) is 3.80. The highest BCUT2D eigenvalue weighted by Crippen LogP contribution is 2.33. The monoisotopic (exact) mass is 499 g/mol. The molecular weight excluding hydrogens is 474 g/mol. The molecule has 0 bridgehead atoms. The smallest absolute Gasteiger partial charge is 0.308 e. The number of amides is 3. The second-order valence-corrected chi connectivity index (χ2v) is 9.11. The third kappa shape index (κ3) is 4.80. The van der Waals surface area contributed by atoms with E-state index in [9.17, 15) is 19.2 Å². The van der Waals surface area contributed by atoms with Gasteiger partial charge in [0.1, 0.15) is 11.8 Å². The Labute approximate surface area is 213 Å². The fraction of sp³-hybridized carbons (Fsp3) is 0.250. The molecule has 9 nitrogen and oxygen atoms in total. The fourth-order valence-corrected chi connectivity index (χ4v) is 4.45. The van der Waals surface area contributed by atoms with Gasteiger partial charge in [0.05, 0.1) is 29.5 Å². The first-order valence-electron chi connectivity index (χ1n) is 11.9. The number of ether oxygens (including phenoxy) is 1. The van der Waals surface area contributed by atoms with Gasteiger partial charge in [-0.25, -0.2) is 5.01 Å². The minimum Gasteiger partial charge on any atom is -0.467 e. The standard InChI is InChI=1S/C28H25N3O6/c1-17-5-8-19(9-6-17)22-15-23(24-4-3-13-36-24)31(29-22)25(32)16-37-26(33)11-12-30-27(34)20-10-7-18(2)14-21(20)28(30)35/h3-10,13-14,23H,11-12,15-16H2,1-2H3. The zero-order valence-corrected chi connectivity index (χ0v) is 20.5. The van der Waals surface area contributed by atoms with Gasteiger partial charge in [0.2, 0.25) is 0 Å². The minimum atomic E-state index is -0.697. The first-order valence-corrected chi connectivity index (χ1v) is 11.9. The van der Waals surface area contributed by atoms with Gasteiger partial charge in [-0.1, -0.05) is 41.5 Å². The third-order valence-corrected chi connectivity index (χ3v) is 6.44. The topological polar surface area (TPSA) is 109 Å². The van der Waals surface area contributed by atoms with Gasteiger partial charge in [-0.15, -0.1) is 0 Å². The van der Waals surface area contributed by atoms with Crippen molar-refractivity contribution in [3.05, 3.63) is 94.4 Å². The number of benzene rings is 2. The third-order valence-electron chi connectivity index (χ3n) is 6.44. The lowest BCUT2D eigenvalue weighted by Gasteiger charge is -2.20. The van der Waals surface area contributed by atoms with Crippen LogP contribution in [-0.2, 0) is 14.3 Å². The Bertz CT molecular complexity index is 1410. The van der Waals surface area contributed by atoms with Crippen molar-refractivity contribution >= 4 is 29.4 Å². The van der Waals surface area contributed by atoms with E-state index in [1.165, 1.54) is 11.3 Å². The molecule has 0 saturated carbocycles. The maximum Gasteiger partial charge on any atom is 0.308 e. The minimum absolute atomic E-state index is 0.132. The van der Waals surface area contributed by atoms with Crippen molar-refractivity contribution in [2.75, 3.05) is 13.2 Å². The molecule has 0 N–H and O–H groups in total. The summed E-state index contributed by atoms with van der Waals surface area (Å²) in [5.74, 6) is -1.51. The second kappa shape index (κ2) is 9.85. The lowest BCUT2D eigenvalue weighted by Crippen LogP contribution is -2.34. The van der Waals surface area contributed by atoms with Crippen molar-refractivity contribution in [3.8, 4) is 0 Å². The Hall–Kier alpha value is -4.53. The SMILES string of the molecule is Cc1ccc(C2=NN(C(=O)COC(=O)CCN3C(=O)c4ccc(C)cc4C3=O)C(c3ccco3)C2)cc1. The Balaban J connectivity index is 1.21. The molecule has 2 aromatic carbocycles. The Morgan fingerprint density at radius 2 is 1.73 bits per heavy atom. The van der Waals surface area contributed by atoms with Gasteiger partial charge in [-0.05, 0) is 43.7 Å². The van der Waals surface area contributed by atoms with Crippen LogP contribution in [-0.4, -0.2) is 52.5 Å². The molecule has 0 spiro atoms. The molecule has 1 atom stereocenters. The highest BCUT2D eigenvalue weighted by molar-refractivity contribution is 6.21. The van der Waals surface area contributed by atoms with Crippen LogP contribution in [0.1, 0.15) is 62.1 Å². The van der Waals surface area contributed by atoms with Crippen LogP contribution in [0.2, 0.25) is 0 Å². The molecule has 0 aliphatic carbocycles. The fourth-order valence-electron chi connectivity index (χ4n) is 4.45. The molecule has 3 heterocycles. The van der Waals surface area contributed by atoms with Gasteiger partial charge >= 0.3 is 5.97 Å². The molecule has 0 saturated heterocycles. The zero-order valence-electron chi connectivity index (χ0n) is 20.5. The summed E-state index contributed by atoms with van der Waals surface area (Å²) in [6.07, 6.45) is 1.76. The normalized spacial score (nSPS) is 16.7. The van der Waals surface area contributed by atoms with Gasteiger partial charge in [-0.3, -0.25) is 24.1 Å². The van der Waals surface area contributed by atoms with Gasteiger partial charge in [-0.2, -0.15) is 5.10 Å². The van der Waals surface area contributed by atoms with Crippen LogP contribution in [0.15, 0.2) is 70.4 Å². The number of furan rings is 1. The number of hydrazone groups is 1. The number of aryl methyl sites for hydroxylation is 2. The maximum atomic E-state index is 13.0. The summed E-state index contributed by atoms with van der Waals surface area (Å²) in [4.78, 5) is 51.6. The van der Waals surface area contributed by atoms with E-state index in [1.54, 1.807) is 30.3 Å². The quantitative estimate of drug-likeness (QED) is 0.361. The van der Waals surface area contributed by atoms with Gasteiger partial charge in [0, 0.05) is 13.0 Å². The molecule has 5 rings (SSSR count). The number of imide groups is 1. The molecule has 0 fully saturated rings. The van der Waals surface area contributed by atoms with E-state index >= 15 is 0 Å². The summed E-state index contributed by atoms with van der Waals surface area (Å²) in [6, 6.07) is 15.9. The largest absolute Gasteiger partial charge is 0.467 e. The molecule has 9 heteroatoms. The molecule has 37 heavy (non-hydrogen) atoms. The number of hydrogen-bond acceptors (Lipinski definition) is 7. The van der Waals surface area contributed by atoms with Crippen molar-refractivity contribution in [2.45, 2.75) is 32.7 Å². The van der Waals surface area contributed by atoms with Crippen LogP contribution in [0.25, 0.3) is 0 Å². The van der Waals surface area contributed by atoms with E-state index in [0.29, 0.717) is 23.3 Å². The average Bonchev–Trinajstić information content (AvgIpc) is 3.62. The Kier molecular flexibility index (Phi) is 6.43. The first-order chi connectivity index (χ1) is 17.8. The molecular formula is C28H25N3O6. The number of carbonyl (C=O) groups excluding carboxylic acids is 4. The number of rotatable bonds is 7. The summed E-state index contributed by atoms with van der Waals surface area (Å²) in [5, 5.41) is 5.80. The summed E-state index contributed by atoms with van der Waals surface area (Å²) >= 11 is 0. The number of carbonyl (C=O) groups is 4. The predicted molar refractivity (Wildman–Crippen MR) is 133 cm³/mol. The number of hydrogen-bond donors (Lipinski definition) is 0. The molecule has 2 aliphatic heterocycles. The van der Waals surface area contributed by atoms with E-state index in [1.807, 2.05) is 38.1 Å². The van der Waals surface area contributed by atoms with Crippen molar-refractivity contribution in [3.63, 3.8) is 0 Å². The lowest BCUT2D eigenvalue weighted by atomic mass is 10.0. The van der Waals surface area contributed by atoms with Crippen molar-refractivity contribution in [2.24, 2.45) is 5.10 Å². The highest BCUT2D eigenvalue weighted by Gasteiger charge is 2.37. The molecule has 188 valence electrons.